The number of benzene rings is 4. The molecule has 0 aliphatic carbocycles. The number of carbonyl (C=O) groups is 3. The maximum Gasteiger partial charge on any atom is 0.253 e. The Hall–Kier alpha value is -6.47. The standard InChI is InChI=1S/C60H74N4O23S5/c1-59(23-13-37-88(68,69)70)52(63(28-30-83-3)49-20-18-44-46(57(49)59)38-42(89(71,72)73)40-50(44)91(77,78)79)14-9-6-5-7-10-15-53-60(2,24-29-85-33-34-87-36-35-86-32-31-84-4)58-47-39-43(90(74,75)76)41-51(92(80,81)82)45(47)17-19-48(58)62(53)26-12-8-11-16-54(65)61-25-27-64-55(66)21-22-56(64)67/h5-7,9-10,14-15,17-22,38-41H,8,11-13,16,23-37H2,1-4H3,(H5-,61,65,68,69,70,71,72,73,74,75,76,77,78,79,80,81,82)/p-4. The zero-order chi connectivity index (χ0) is 67.5. The molecule has 3 amide bonds. The average Bonchev–Trinajstić information content (AvgIpc) is 1.53. The molecule has 3 aliphatic heterocycles. The van der Waals surface area contributed by atoms with Crippen molar-refractivity contribution >= 4 is 107 Å². The number of amides is 3. The quantitative estimate of drug-likeness (QED) is 0.0221. The number of allylic oxidation sites excluding steroid dienone is 8. The molecule has 4 aromatic carbocycles. The lowest BCUT2D eigenvalue weighted by atomic mass is 9.74. The summed E-state index contributed by atoms with van der Waals surface area (Å²) in [5.41, 5.74) is -0.119. The highest BCUT2D eigenvalue weighted by molar-refractivity contribution is 7.87. The molecule has 0 aromatic heterocycles. The van der Waals surface area contributed by atoms with E-state index < -0.39 is 98.6 Å². The number of fused-ring (bicyclic) bond motifs is 6. The minimum Gasteiger partial charge on any atom is -0.748 e. The first-order valence-corrected chi connectivity index (χ1v) is 36.1. The number of nitrogens with one attached hydrogen (secondary N) is 1. The Labute approximate surface area is 534 Å². The lowest BCUT2D eigenvalue weighted by Gasteiger charge is -2.31. The van der Waals surface area contributed by atoms with Gasteiger partial charge in [-0.05, 0) is 110 Å². The van der Waals surface area contributed by atoms with Crippen molar-refractivity contribution in [2.24, 2.45) is 0 Å². The largest absolute Gasteiger partial charge is 0.748 e. The molecule has 3 heterocycles. The SMILES string of the molecule is COCCOCCOCCOCCC1(C)\C(=C/C=C/C=C/C=C/C2=[N+](CCOC)c3ccc4c(S(=O)(=O)[O-])cc(S(=O)(=O)[O-])cc4c3C2(C)CCCS(=O)(=O)[O-])N(CCCCCC(=O)NCCN2C(=O)C=CC2=O)c2ccc3c(S(=O)(=O)[O-])cc(S(=O)(=O)[O-])cc3c21. The third-order valence-electron chi connectivity index (χ3n) is 15.9. The second kappa shape index (κ2) is 30.7. The van der Waals surface area contributed by atoms with Gasteiger partial charge in [0.2, 0.25) is 11.6 Å². The number of hydrogen-bond donors (Lipinski definition) is 1. The number of nitrogens with zero attached hydrogens (tertiary/aromatic N) is 3. The van der Waals surface area contributed by atoms with Gasteiger partial charge in [-0.3, -0.25) is 19.3 Å². The van der Waals surface area contributed by atoms with Crippen molar-refractivity contribution in [2.75, 3.05) is 104 Å². The molecule has 502 valence electrons. The predicted molar refractivity (Wildman–Crippen MR) is 329 cm³/mol. The van der Waals surface area contributed by atoms with Crippen LogP contribution in [0.3, 0.4) is 0 Å². The van der Waals surface area contributed by atoms with E-state index in [1.165, 1.54) is 25.3 Å². The normalized spacial score (nSPS) is 18.6. The second-order valence-corrected chi connectivity index (χ2v) is 29.0. The third kappa shape index (κ3) is 17.9. The van der Waals surface area contributed by atoms with Gasteiger partial charge in [-0.1, -0.05) is 42.9 Å². The molecule has 27 nitrogen and oxygen atoms in total. The molecule has 0 bridgehead atoms. The molecular formula is C60H70N4O23S5-4. The Kier molecular flexibility index (Phi) is 24.4. The molecule has 0 saturated carbocycles. The monoisotopic (exact) mass is 1370 g/mol. The van der Waals surface area contributed by atoms with Gasteiger partial charge in [-0.15, -0.1) is 0 Å². The van der Waals surface area contributed by atoms with Crippen molar-refractivity contribution < 1.29 is 107 Å². The van der Waals surface area contributed by atoms with Gasteiger partial charge < -0.3 is 56.7 Å². The minimum atomic E-state index is -5.40. The van der Waals surface area contributed by atoms with Crippen molar-refractivity contribution in [1.82, 2.24) is 10.2 Å². The van der Waals surface area contributed by atoms with Crippen LogP contribution in [-0.4, -0.2) is 197 Å². The van der Waals surface area contributed by atoms with Crippen molar-refractivity contribution in [2.45, 2.75) is 89.2 Å². The fraction of sp³-hybridized carbons (Fsp3) is 0.433. The maximum absolute atomic E-state index is 12.9. The summed E-state index contributed by atoms with van der Waals surface area (Å²) in [4.78, 5) is 35.9. The van der Waals surface area contributed by atoms with E-state index in [0.29, 0.717) is 79.6 Å². The van der Waals surface area contributed by atoms with Gasteiger partial charge in [0.25, 0.3) is 11.8 Å². The van der Waals surface area contributed by atoms with Gasteiger partial charge in [0.15, 0.2) is 12.3 Å². The molecule has 92 heavy (non-hydrogen) atoms. The van der Waals surface area contributed by atoms with E-state index in [9.17, 15) is 79.2 Å². The van der Waals surface area contributed by atoms with Crippen molar-refractivity contribution in [1.29, 1.82) is 0 Å². The number of carbonyl (C=O) groups excluding carboxylic acids is 3. The van der Waals surface area contributed by atoms with Crippen LogP contribution in [0.1, 0.15) is 69.9 Å². The molecule has 4 aromatic rings. The molecule has 0 spiro atoms. The molecule has 0 fully saturated rings. The number of rotatable bonds is 36. The summed E-state index contributed by atoms with van der Waals surface area (Å²) in [6.07, 6.45) is 15.1. The van der Waals surface area contributed by atoms with E-state index in [1.807, 2.05) is 11.8 Å². The lowest BCUT2D eigenvalue weighted by Crippen LogP contribution is -2.38. The smallest absolute Gasteiger partial charge is 0.253 e. The molecule has 0 saturated heterocycles. The van der Waals surface area contributed by atoms with E-state index in [4.69, 9.17) is 23.7 Å². The summed E-state index contributed by atoms with van der Waals surface area (Å²) in [5.74, 6) is -2.10. The van der Waals surface area contributed by atoms with E-state index in [-0.39, 0.29) is 118 Å². The summed E-state index contributed by atoms with van der Waals surface area (Å²) >= 11 is 0. The van der Waals surface area contributed by atoms with Gasteiger partial charge in [-0.2, -0.15) is 4.58 Å². The number of methoxy groups -OCH3 is 2. The lowest BCUT2D eigenvalue weighted by molar-refractivity contribution is -0.441. The van der Waals surface area contributed by atoms with Crippen LogP contribution in [0.2, 0.25) is 0 Å². The van der Waals surface area contributed by atoms with Gasteiger partial charge in [0.1, 0.15) is 47.1 Å². The zero-order valence-electron chi connectivity index (χ0n) is 50.7. The van der Waals surface area contributed by atoms with Gasteiger partial charge in [0, 0.05) is 105 Å². The maximum atomic E-state index is 12.9. The Morgan fingerprint density at radius 2 is 1.11 bits per heavy atom. The average molecular weight is 1380 g/mol. The Morgan fingerprint density at radius 1 is 0.565 bits per heavy atom. The first-order valence-electron chi connectivity index (χ1n) is 28.9. The summed E-state index contributed by atoms with van der Waals surface area (Å²) in [6.45, 7) is 5.66. The molecule has 0 radical (unpaired) electrons. The van der Waals surface area contributed by atoms with E-state index in [2.05, 4.69) is 5.32 Å². The Morgan fingerprint density at radius 3 is 1.67 bits per heavy atom. The molecular weight excluding hydrogens is 1300 g/mol. The van der Waals surface area contributed by atoms with Crippen LogP contribution in [0.25, 0.3) is 21.5 Å². The minimum absolute atomic E-state index is 0.00661. The number of anilines is 1. The summed E-state index contributed by atoms with van der Waals surface area (Å²) in [6, 6.07) is 8.76. The number of unbranched alkanes of at least 4 members (excludes halogenated alkanes) is 2. The highest BCUT2D eigenvalue weighted by Crippen LogP contribution is 2.54. The predicted octanol–water partition coefficient (Wildman–Crippen LogP) is 3.96. The van der Waals surface area contributed by atoms with Crippen molar-refractivity contribution in [3.63, 3.8) is 0 Å². The number of imide groups is 1. The first kappa shape index (κ1) is 72.9. The fourth-order valence-electron chi connectivity index (χ4n) is 11.7. The number of hydrogen-bond acceptors (Lipinski definition) is 24. The molecule has 32 heteroatoms. The van der Waals surface area contributed by atoms with Gasteiger partial charge in [-0.25, -0.2) is 42.1 Å². The van der Waals surface area contributed by atoms with Crippen LogP contribution in [-0.2, 0) is 99.5 Å². The van der Waals surface area contributed by atoms with Crippen LogP contribution in [0.4, 0.5) is 11.4 Å². The fourth-order valence-corrected chi connectivity index (χ4v) is 14.8. The van der Waals surface area contributed by atoms with Gasteiger partial charge >= 0.3 is 0 Å². The van der Waals surface area contributed by atoms with Crippen molar-refractivity contribution in [3.8, 4) is 0 Å². The van der Waals surface area contributed by atoms with Crippen LogP contribution < -0.4 is 10.2 Å². The second-order valence-electron chi connectivity index (χ2n) is 22.1. The number of ether oxygens (including phenoxy) is 5. The van der Waals surface area contributed by atoms with E-state index in [1.54, 1.807) is 67.2 Å². The van der Waals surface area contributed by atoms with Crippen LogP contribution >= 0.6 is 0 Å². The Bertz CT molecular complexity index is 4240. The third-order valence-corrected chi connectivity index (χ3v) is 20.1. The zero-order valence-corrected chi connectivity index (χ0v) is 54.8. The summed E-state index contributed by atoms with van der Waals surface area (Å²) < 4.78 is 217. The molecule has 2 atom stereocenters. The van der Waals surface area contributed by atoms with Crippen LogP contribution in [0.15, 0.2) is 128 Å². The highest BCUT2D eigenvalue weighted by atomic mass is 32.2. The summed E-state index contributed by atoms with van der Waals surface area (Å²) in [5, 5.41) is 2.25. The highest BCUT2D eigenvalue weighted by Gasteiger charge is 2.49. The molecule has 2 unspecified atom stereocenters. The van der Waals surface area contributed by atoms with Crippen LogP contribution in [0.5, 0.6) is 0 Å². The Balaban J connectivity index is 1.26. The molecule has 3 aliphatic rings. The molecule has 7 rings (SSSR count). The van der Waals surface area contributed by atoms with Crippen LogP contribution in [0, 0.1) is 0 Å². The van der Waals surface area contributed by atoms with E-state index in [0.717, 1.165) is 29.2 Å². The van der Waals surface area contributed by atoms with Crippen molar-refractivity contribution in [3.05, 3.63) is 120 Å². The van der Waals surface area contributed by atoms with E-state index >= 15 is 0 Å². The van der Waals surface area contributed by atoms with Gasteiger partial charge in [0.05, 0.1) is 74.8 Å². The summed E-state index contributed by atoms with van der Waals surface area (Å²) in [7, 11) is -23.3. The first-order chi connectivity index (χ1) is 43.3. The topological polar surface area (TPSA) is 405 Å². The molecule has 1 N–H and O–H groups in total.